The third kappa shape index (κ3) is 3.93. The second-order valence-corrected chi connectivity index (χ2v) is 12.2. The van der Waals surface area contributed by atoms with Gasteiger partial charge in [-0.2, -0.15) is 0 Å². The molecule has 9 rings (SSSR count). The van der Waals surface area contributed by atoms with Crippen molar-refractivity contribution in [3.05, 3.63) is 152 Å². The van der Waals surface area contributed by atoms with Gasteiger partial charge in [-0.05, 0) is 77.0 Å². The van der Waals surface area contributed by atoms with Gasteiger partial charge in [0.2, 0.25) is 0 Å². The third-order valence-corrected chi connectivity index (χ3v) is 9.70. The number of fused-ring (bicyclic) bond motifs is 7. The maximum atomic E-state index is 3.78. The van der Waals surface area contributed by atoms with Gasteiger partial charge in [0.05, 0.1) is 11.0 Å². The lowest BCUT2D eigenvalue weighted by Crippen LogP contribution is -1.97. The molecule has 2 aromatic heterocycles. The molecule has 0 fully saturated rings. The molecule has 0 bridgehead atoms. The van der Waals surface area contributed by atoms with E-state index in [1.807, 2.05) is 11.3 Å². The number of anilines is 2. The Kier molecular flexibility index (Phi) is 5.40. The van der Waals surface area contributed by atoms with Crippen LogP contribution in [0.15, 0.2) is 152 Å². The van der Waals surface area contributed by atoms with Crippen LogP contribution in [0.1, 0.15) is 0 Å². The van der Waals surface area contributed by atoms with Crippen LogP contribution in [0.3, 0.4) is 0 Å². The second-order valence-electron chi connectivity index (χ2n) is 11.1. The molecule has 0 radical (unpaired) electrons. The first-order valence-electron chi connectivity index (χ1n) is 14.6. The molecule has 0 aliphatic heterocycles. The van der Waals surface area contributed by atoms with Crippen molar-refractivity contribution in [3.63, 3.8) is 0 Å². The molecular formula is C40H26N2S. The zero-order chi connectivity index (χ0) is 28.3. The quantitative estimate of drug-likeness (QED) is 0.224. The zero-order valence-corrected chi connectivity index (χ0v) is 24.1. The molecule has 3 heteroatoms. The first kappa shape index (κ1) is 24.2. The molecule has 0 amide bonds. The standard InChI is InChI=1S/C40H26N2S/c1-2-12-29(13-3-1)41-36-25-38-34(24-33(36)28-19-21-40-35(23-28)32-15-7-9-17-39(32)43-40)31-14-6-8-16-37(31)42(38)30-20-18-26-10-4-5-11-27(26)22-30/h1-25,41H. The lowest BCUT2D eigenvalue weighted by atomic mass is 9.98. The fourth-order valence-corrected chi connectivity index (χ4v) is 7.61. The monoisotopic (exact) mass is 566 g/mol. The number of nitrogens with one attached hydrogen (secondary N) is 1. The number of para-hydroxylation sites is 2. The summed E-state index contributed by atoms with van der Waals surface area (Å²) < 4.78 is 5.05. The Labute approximate surface area is 253 Å². The molecule has 0 unspecified atom stereocenters. The number of aromatic nitrogens is 1. The molecule has 0 saturated heterocycles. The summed E-state index contributed by atoms with van der Waals surface area (Å²) in [7, 11) is 0. The van der Waals surface area contributed by atoms with E-state index in [1.165, 1.54) is 63.9 Å². The smallest absolute Gasteiger partial charge is 0.0562 e. The minimum Gasteiger partial charge on any atom is -0.355 e. The SMILES string of the molecule is c1ccc(Nc2cc3c(cc2-c2ccc4sc5ccccc5c4c2)c2ccccc2n3-c2ccc3ccccc3c2)cc1. The van der Waals surface area contributed by atoms with E-state index in [4.69, 9.17) is 0 Å². The van der Waals surface area contributed by atoms with E-state index in [-0.39, 0.29) is 0 Å². The van der Waals surface area contributed by atoms with Crippen molar-refractivity contribution in [1.29, 1.82) is 0 Å². The van der Waals surface area contributed by atoms with E-state index in [1.54, 1.807) is 0 Å². The van der Waals surface area contributed by atoms with Crippen LogP contribution in [0.5, 0.6) is 0 Å². The number of nitrogens with zero attached hydrogens (tertiary/aromatic N) is 1. The summed E-state index contributed by atoms with van der Waals surface area (Å²) in [6.07, 6.45) is 0. The Hall–Kier alpha value is -5.38. The predicted octanol–water partition coefficient (Wildman–Crippen LogP) is 11.7. The molecule has 1 N–H and O–H groups in total. The molecule has 2 nitrogen and oxygen atoms in total. The molecular weight excluding hydrogens is 541 g/mol. The van der Waals surface area contributed by atoms with E-state index in [0.29, 0.717) is 0 Å². The number of thiophene rings is 1. The van der Waals surface area contributed by atoms with Crippen molar-refractivity contribution >= 4 is 75.5 Å². The molecule has 7 aromatic carbocycles. The fraction of sp³-hybridized carbons (Fsp3) is 0. The van der Waals surface area contributed by atoms with Gasteiger partial charge in [0.1, 0.15) is 0 Å². The Bertz CT molecular complexity index is 2480. The fourth-order valence-electron chi connectivity index (χ4n) is 6.52. The van der Waals surface area contributed by atoms with E-state index in [9.17, 15) is 0 Å². The van der Waals surface area contributed by atoms with Crippen molar-refractivity contribution in [2.45, 2.75) is 0 Å². The maximum Gasteiger partial charge on any atom is 0.0562 e. The molecule has 2 heterocycles. The molecule has 0 atom stereocenters. The maximum absolute atomic E-state index is 3.78. The molecule has 0 saturated carbocycles. The average Bonchev–Trinajstić information content (AvgIpc) is 3.59. The van der Waals surface area contributed by atoms with Crippen LogP contribution in [-0.4, -0.2) is 4.57 Å². The van der Waals surface area contributed by atoms with Crippen LogP contribution in [0.4, 0.5) is 11.4 Å². The highest BCUT2D eigenvalue weighted by Gasteiger charge is 2.18. The molecule has 43 heavy (non-hydrogen) atoms. The van der Waals surface area contributed by atoms with Gasteiger partial charge in [-0.25, -0.2) is 0 Å². The van der Waals surface area contributed by atoms with Crippen molar-refractivity contribution in [2.24, 2.45) is 0 Å². The number of hydrogen-bond acceptors (Lipinski definition) is 2. The molecule has 0 aliphatic carbocycles. The topological polar surface area (TPSA) is 17.0 Å². The van der Waals surface area contributed by atoms with Gasteiger partial charge in [-0.1, -0.05) is 91.0 Å². The Morgan fingerprint density at radius 1 is 0.465 bits per heavy atom. The van der Waals surface area contributed by atoms with Gasteiger partial charge in [-0.15, -0.1) is 11.3 Å². The normalized spacial score (nSPS) is 11.7. The predicted molar refractivity (Wildman–Crippen MR) is 186 cm³/mol. The summed E-state index contributed by atoms with van der Waals surface area (Å²) in [5, 5.41) is 11.4. The van der Waals surface area contributed by atoms with E-state index >= 15 is 0 Å². The average molecular weight is 567 g/mol. The summed E-state index contributed by atoms with van der Waals surface area (Å²) in [6.45, 7) is 0. The van der Waals surface area contributed by atoms with Crippen LogP contribution in [0, 0.1) is 0 Å². The van der Waals surface area contributed by atoms with Crippen LogP contribution >= 0.6 is 11.3 Å². The Morgan fingerprint density at radius 2 is 1.21 bits per heavy atom. The van der Waals surface area contributed by atoms with Gasteiger partial charge >= 0.3 is 0 Å². The lowest BCUT2D eigenvalue weighted by molar-refractivity contribution is 1.19. The highest BCUT2D eigenvalue weighted by Crippen LogP contribution is 2.42. The van der Waals surface area contributed by atoms with E-state index in [2.05, 4.69) is 162 Å². The van der Waals surface area contributed by atoms with Gasteiger partial charge < -0.3 is 9.88 Å². The Balaban J connectivity index is 1.34. The molecule has 202 valence electrons. The minimum atomic E-state index is 1.07. The zero-order valence-electron chi connectivity index (χ0n) is 23.3. The van der Waals surface area contributed by atoms with Gasteiger partial charge in [0.15, 0.2) is 0 Å². The summed E-state index contributed by atoms with van der Waals surface area (Å²) >= 11 is 1.86. The largest absolute Gasteiger partial charge is 0.355 e. The number of benzene rings is 7. The van der Waals surface area contributed by atoms with Gasteiger partial charge in [-0.3, -0.25) is 0 Å². The third-order valence-electron chi connectivity index (χ3n) is 8.54. The van der Waals surface area contributed by atoms with E-state index < -0.39 is 0 Å². The summed E-state index contributed by atoms with van der Waals surface area (Å²) in [5.74, 6) is 0. The highest BCUT2D eigenvalue weighted by molar-refractivity contribution is 7.25. The van der Waals surface area contributed by atoms with Crippen LogP contribution in [-0.2, 0) is 0 Å². The second kappa shape index (κ2) is 9.59. The minimum absolute atomic E-state index is 1.07. The molecule has 0 spiro atoms. The van der Waals surface area contributed by atoms with Crippen LogP contribution in [0.2, 0.25) is 0 Å². The van der Waals surface area contributed by atoms with Crippen molar-refractivity contribution in [2.75, 3.05) is 5.32 Å². The number of rotatable bonds is 4. The van der Waals surface area contributed by atoms with Crippen molar-refractivity contribution < 1.29 is 0 Å². The van der Waals surface area contributed by atoms with E-state index in [0.717, 1.165) is 17.1 Å². The molecule has 9 aromatic rings. The van der Waals surface area contributed by atoms with Crippen LogP contribution in [0.25, 0.3) is 69.6 Å². The molecule has 0 aliphatic rings. The summed E-state index contributed by atoms with van der Waals surface area (Å²) in [4.78, 5) is 0. The van der Waals surface area contributed by atoms with Crippen molar-refractivity contribution in [1.82, 2.24) is 4.57 Å². The Morgan fingerprint density at radius 3 is 2.12 bits per heavy atom. The van der Waals surface area contributed by atoms with Gasteiger partial charge in [0, 0.05) is 53.6 Å². The first-order valence-corrected chi connectivity index (χ1v) is 15.4. The van der Waals surface area contributed by atoms with Crippen molar-refractivity contribution in [3.8, 4) is 16.8 Å². The van der Waals surface area contributed by atoms with Crippen LogP contribution < -0.4 is 5.32 Å². The first-order chi connectivity index (χ1) is 21.3. The van der Waals surface area contributed by atoms with Gasteiger partial charge in [0.25, 0.3) is 0 Å². The highest BCUT2D eigenvalue weighted by atomic mass is 32.1. The number of hydrogen-bond donors (Lipinski definition) is 1. The summed E-state index contributed by atoms with van der Waals surface area (Å²) in [5.41, 5.74) is 8.10. The lowest BCUT2D eigenvalue weighted by Gasteiger charge is -2.15. The summed E-state index contributed by atoms with van der Waals surface area (Å²) in [6, 6.07) is 54.9.